The fourth-order valence-electron chi connectivity index (χ4n) is 0.269. The Labute approximate surface area is 55.1 Å². The number of allylic oxidation sites excluding steroid dienone is 1. The third-order valence-electron chi connectivity index (χ3n) is 0.515. The number of rotatable bonds is 4. The zero-order valence-corrected chi connectivity index (χ0v) is 6.77. The van der Waals surface area contributed by atoms with Crippen LogP contribution in [0.5, 0.6) is 0 Å². The molecule has 0 saturated carbocycles. The van der Waals surface area contributed by atoms with E-state index in [4.69, 9.17) is 0 Å². The van der Waals surface area contributed by atoms with Crippen molar-refractivity contribution in [3.63, 3.8) is 0 Å². The SMILES string of the molecule is C=CC[PH](=O)OP(=C)=O. The molecule has 2 unspecified atom stereocenters. The van der Waals surface area contributed by atoms with Crippen molar-refractivity contribution in [2.75, 3.05) is 6.16 Å². The van der Waals surface area contributed by atoms with Crippen LogP contribution in [-0.4, -0.2) is 12.5 Å². The number of hydrogen-bond donors (Lipinski definition) is 0. The topological polar surface area (TPSA) is 43.4 Å². The van der Waals surface area contributed by atoms with Gasteiger partial charge < -0.3 is 0 Å². The summed E-state index contributed by atoms with van der Waals surface area (Å²) in [6.45, 7) is 3.34. The fraction of sp³-hybridized carbons (Fsp3) is 0.250. The molecule has 0 spiro atoms. The molecule has 3 nitrogen and oxygen atoms in total. The maximum atomic E-state index is 10.5. The van der Waals surface area contributed by atoms with Crippen molar-refractivity contribution < 1.29 is 13.4 Å². The van der Waals surface area contributed by atoms with Crippen molar-refractivity contribution in [2.45, 2.75) is 0 Å². The van der Waals surface area contributed by atoms with Gasteiger partial charge in [0.2, 0.25) is 15.7 Å². The summed E-state index contributed by atoms with van der Waals surface area (Å²) in [6.07, 6.45) is 4.76. The third kappa shape index (κ3) is 5.78. The molecule has 0 aromatic carbocycles. The van der Waals surface area contributed by atoms with Gasteiger partial charge in [-0.15, -0.1) is 6.58 Å². The first kappa shape index (κ1) is 8.90. The summed E-state index contributed by atoms with van der Waals surface area (Å²) in [5, 5.41) is 0. The van der Waals surface area contributed by atoms with E-state index in [1.54, 1.807) is 0 Å². The molecule has 5 heteroatoms. The molecule has 0 radical (unpaired) electrons. The second kappa shape index (κ2) is 4.75. The molecule has 0 aromatic rings. The van der Waals surface area contributed by atoms with Gasteiger partial charge in [-0.05, 0) is 6.30 Å². The lowest BCUT2D eigenvalue weighted by molar-refractivity contribution is 0.501. The first-order valence-corrected chi connectivity index (χ1v) is 5.15. The molecule has 2 atom stereocenters. The third-order valence-corrected chi connectivity index (χ3v) is 2.77. The summed E-state index contributed by atoms with van der Waals surface area (Å²) in [5.74, 6) is 0. The van der Waals surface area contributed by atoms with Gasteiger partial charge in [0.05, 0.1) is 0 Å². The van der Waals surface area contributed by atoms with Gasteiger partial charge in [-0.3, -0.25) is 9.13 Å². The molecule has 0 bridgehead atoms. The molecule has 0 rings (SSSR count). The maximum absolute atomic E-state index is 10.5. The quantitative estimate of drug-likeness (QED) is 0.472. The Morgan fingerprint density at radius 1 is 1.78 bits per heavy atom. The standard InChI is InChI=1S/C4H8O3P2/c1-3-4-9(6)7-8(2)5/h3,9H,1-2,4H2. The van der Waals surface area contributed by atoms with Gasteiger partial charge in [0.15, 0.2) is 0 Å². The Morgan fingerprint density at radius 2 is 2.33 bits per heavy atom. The monoisotopic (exact) mass is 166 g/mol. The van der Waals surface area contributed by atoms with E-state index in [1.807, 2.05) is 0 Å². The average Bonchev–Trinajstić information content (AvgIpc) is 1.63. The van der Waals surface area contributed by atoms with Crippen LogP contribution in [0, 0.1) is 0 Å². The van der Waals surface area contributed by atoms with E-state index < -0.39 is 15.7 Å². The molecule has 0 aliphatic carbocycles. The van der Waals surface area contributed by atoms with Crippen LogP contribution in [0.4, 0.5) is 0 Å². The predicted octanol–water partition coefficient (Wildman–Crippen LogP) is 1.84. The first-order chi connectivity index (χ1) is 4.16. The van der Waals surface area contributed by atoms with Gasteiger partial charge in [-0.1, -0.05) is 6.08 Å². The first-order valence-electron chi connectivity index (χ1n) is 2.26. The van der Waals surface area contributed by atoms with E-state index in [-0.39, 0.29) is 6.16 Å². The van der Waals surface area contributed by atoms with Crippen LogP contribution >= 0.6 is 15.7 Å². The maximum Gasteiger partial charge on any atom is 0.237 e. The molecule has 0 fully saturated rings. The molecule has 0 aromatic heterocycles. The van der Waals surface area contributed by atoms with Crippen molar-refractivity contribution in [1.82, 2.24) is 0 Å². The van der Waals surface area contributed by atoms with Gasteiger partial charge in [-0.2, -0.15) is 0 Å². The largest absolute Gasteiger partial charge is 0.295 e. The lowest BCUT2D eigenvalue weighted by Crippen LogP contribution is -1.66. The second-order valence-corrected chi connectivity index (χ2v) is 3.84. The highest BCUT2D eigenvalue weighted by Crippen LogP contribution is 2.30. The van der Waals surface area contributed by atoms with E-state index in [1.165, 1.54) is 6.08 Å². The van der Waals surface area contributed by atoms with E-state index in [2.05, 4.69) is 17.2 Å². The van der Waals surface area contributed by atoms with Gasteiger partial charge in [0, 0.05) is 6.16 Å². The van der Waals surface area contributed by atoms with Gasteiger partial charge >= 0.3 is 0 Å². The minimum atomic E-state index is -2.15. The second-order valence-electron chi connectivity index (χ2n) is 1.29. The molecule has 0 heterocycles. The molecule has 0 amide bonds. The summed E-state index contributed by atoms with van der Waals surface area (Å²) >= 11 is 0. The van der Waals surface area contributed by atoms with Gasteiger partial charge in [0.1, 0.15) is 0 Å². The Kier molecular flexibility index (Phi) is 4.70. The highest BCUT2D eigenvalue weighted by atomic mass is 31.2. The molecule has 0 aliphatic rings. The van der Waals surface area contributed by atoms with Crippen LogP contribution in [-0.2, 0) is 13.4 Å². The van der Waals surface area contributed by atoms with E-state index in [0.717, 1.165) is 0 Å². The number of hydrogen-bond acceptors (Lipinski definition) is 3. The highest BCUT2D eigenvalue weighted by Gasteiger charge is 1.93. The smallest absolute Gasteiger partial charge is 0.237 e. The molecule has 0 saturated heterocycles. The molecular formula is C4H8O3P2. The van der Waals surface area contributed by atoms with Crippen LogP contribution in [0.3, 0.4) is 0 Å². The van der Waals surface area contributed by atoms with Crippen molar-refractivity contribution in [2.24, 2.45) is 0 Å². The van der Waals surface area contributed by atoms with E-state index in [9.17, 15) is 9.13 Å². The summed E-state index contributed by atoms with van der Waals surface area (Å²) < 4.78 is 25.0. The summed E-state index contributed by atoms with van der Waals surface area (Å²) in [6, 6.07) is 0. The minimum absolute atomic E-state index is 0.265. The molecule has 0 N–H and O–H groups in total. The van der Waals surface area contributed by atoms with Gasteiger partial charge in [0.25, 0.3) is 0 Å². The van der Waals surface area contributed by atoms with Crippen molar-refractivity contribution in [3.05, 3.63) is 12.7 Å². The van der Waals surface area contributed by atoms with Crippen LogP contribution < -0.4 is 0 Å². The van der Waals surface area contributed by atoms with Crippen molar-refractivity contribution in [3.8, 4) is 0 Å². The Hall–Kier alpha value is -0.100. The molecule has 52 valence electrons. The normalized spacial score (nSPS) is 14.4. The van der Waals surface area contributed by atoms with E-state index in [0.29, 0.717) is 0 Å². The Morgan fingerprint density at radius 3 is 2.67 bits per heavy atom. The zero-order chi connectivity index (χ0) is 7.28. The van der Waals surface area contributed by atoms with Crippen molar-refractivity contribution in [1.29, 1.82) is 0 Å². The minimum Gasteiger partial charge on any atom is -0.295 e. The average molecular weight is 166 g/mol. The lowest BCUT2D eigenvalue weighted by Gasteiger charge is -1.89. The molecule has 9 heavy (non-hydrogen) atoms. The Balaban J connectivity index is 3.63. The van der Waals surface area contributed by atoms with Crippen LogP contribution in [0.1, 0.15) is 0 Å². The van der Waals surface area contributed by atoms with Gasteiger partial charge in [-0.25, -0.2) is 4.31 Å². The lowest BCUT2D eigenvalue weighted by atomic mass is 10.8. The van der Waals surface area contributed by atoms with Crippen LogP contribution in [0.15, 0.2) is 12.7 Å². The predicted molar refractivity (Wildman–Crippen MR) is 39.9 cm³/mol. The fourth-order valence-corrected chi connectivity index (χ4v) is 1.71. The van der Waals surface area contributed by atoms with Crippen LogP contribution in [0.2, 0.25) is 0 Å². The van der Waals surface area contributed by atoms with E-state index >= 15 is 0 Å². The summed E-state index contributed by atoms with van der Waals surface area (Å²) in [7, 11) is -4.12. The molecular weight excluding hydrogens is 158 g/mol. The zero-order valence-electron chi connectivity index (χ0n) is 4.87. The van der Waals surface area contributed by atoms with Crippen molar-refractivity contribution >= 4 is 22.0 Å². The summed E-state index contributed by atoms with van der Waals surface area (Å²) in [5.41, 5.74) is 0. The highest BCUT2D eigenvalue weighted by molar-refractivity contribution is 7.52. The summed E-state index contributed by atoms with van der Waals surface area (Å²) in [4.78, 5) is 0. The molecule has 0 aliphatic heterocycles. The Bertz CT molecular complexity index is 174. The van der Waals surface area contributed by atoms with Crippen LogP contribution in [0.25, 0.3) is 0 Å².